The van der Waals surface area contributed by atoms with Gasteiger partial charge in [-0.25, -0.2) is 0 Å². The highest BCUT2D eigenvalue weighted by atomic mass is 35.5. The number of nitrogens with zero attached hydrogens (tertiary/aromatic N) is 4. The number of morpholine rings is 1. The minimum Gasteiger partial charge on any atom is -0.379 e. The molecule has 112 valence electrons. The van der Waals surface area contributed by atoms with Crippen molar-refractivity contribution in [3.63, 3.8) is 0 Å². The zero-order valence-corrected chi connectivity index (χ0v) is 12.5. The highest BCUT2D eigenvalue weighted by Gasteiger charge is 2.09. The van der Waals surface area contributed by atoms with E-state index in [1.165, 1.54) is 0 Å². The first-order valence-electron chi connectivity index (χ1n) is 6.97. The monoisotopic (exact) mass is 300 g/mol. The van der Waals surface area contributed by atoms with E-state index >= 15 is 0 Å². The van der Waals surface area contributed by atoms with Gasteiger partial charge in [-0.2, -0.15) is 15.0 Å². The van der Waals surface area contributed by atoms with E-state index in [0.29, 0.717) is 11.9 Å². The summed E-state index contributed by atoms with van der Waals surface area (Å²) in [6, 6.07) is 0. The van der Waals surface area contributed by atoms with Crippen LogP contribution in [0.5, 0.6) is 0 Å². The number of hydrogen-bond acceptors (Lipinski definition) is 7. The van der Waals surface area contributed by atoms with Crippen LogP contribution in [-0.4, -0.2) is 65.8 Å². The van der Waals surface area contributed by atoms with Crippen molar-refractivity contribution < 1.29 is 4.74 Å². The Morgan fingerprint density at radius 3 is 2.55 bits per heavy atom. The quantitative estimate of drug-likeness (QED) is 0.730. The average Bonchev–Trinajstić information content (AvgIpc) is 2.45. The summed E-state index contributed by atoms with van der Waals surface area (Å²) in [5.41, 5.74) is 0. The lowest BCUT2D eigenvalue weighted by atomic mass is 10.3. The molecule has 0 aliphatic carbocycles. The summed E-state index contributed by atoms with van der Waals surface area (Å²) >= 11 is 5.86. The number of rotatable bonds is 7. The molecule has 1 aromatic rings. The third-order valence-electron chi connectivity index (χ3n) is 2.98. The number of halogens is 1. The van der Waals surface area contributed by atoms with Crippen LogP contribution in [0.1, 0.15) is 13.3 Å². The van der Waals surface area contributed by atoms with Crippen LogP contribution in [0.3, 0.4) is 0 Å². The molecule has 0 unspecified atom stereocenters. The second kappa shape index (κ2) is 8.18. The average molecular weight is 301 g/mol. The van der Waals surface area contributed by atoms with Crippen molar-refractivity contribution in [3.05, 3.63) is 5.28 Å². The van der Waals surface area contributed by atoms with Crippen molar-refractivity contribution in [3.8, 4) is 0 Å². The van der Waals surface area contributed by atoms with Crippen LogP contribution in [0.25, 0.3) is 0 Å². The van der Waals surface area contributed by atoms with Gasteiger partial charge in [0.05, 0.1) is 13.2 Å². The fraction of sp³-hybridized carbons (Fsp3) is 0.750. The van der Waals surface area contributed by atoms with Crippen LogP contribution in [0, 0.1) is 0 Å². The molecule has 0 spiro atoms. The summed E-state index contributed by atoms with van der Waals surface area (Å²) in [6.45, 7) is 8.29. The van der Waals surface area contributed by atoms with E-state index in [4.69, 9.17) is 16.3 Å². The summed E-state index contributed by atoms with van der Waals surface area (Å²) < 4.78 is 5.32. The van der Waals surface area contributed by atoms with Gasteiger partial charge < -0.3 is 15.4 Å². The molecule has 0 amide bonds. The van der Waals surface area contributed by atoms with E-state index in [2.05, 4.69) is 30.5 Å². The predicted molar refractivity (Wildman–Crippen MR) is 79.4 cm³/mol. The lowest BCUT2D eigenvalue weighted by molar-refractivity contribution is 0.0378. The summed E-state index contributed by atoms with van der Waals surface area (Å²) in [6.07, 6.45) is 1.03. The number of anilines is 2. The van der Waals surface area contributed by atoms with Gasteiger partial charge in [0.25, 0.3) is 0 Å². The van der Waals surface area contributed by atoms with E-state index < -0.39 is 0 Å². The molecule has 0 bridgehead atoms. The highest BCUT2D eigenvalue weighted by Crippen LogP contribution is 2.09. The van der Waals surface area contributed by atoms with E-state index in [1.807, 2.05) is 6.92 Å². The zero-order valence-electron chi connectivity index (χ0n) is 11.7. The molecule has 0 aromatic carbocycles. The first-order valence-corrected chi connectivity index (χ1v) is 7.35. The van der Waals surface area contributed by atoms with Crippen LogP contribution < -0.4 is 10.6 Å². The topological polar surface area (TPSA) is 75.2 Å². The van der Waals surface area contributed by atoms with Gasteiger partial charge in [0.15, 0.2) is 0 Å². The van der Waals surface area contributed by atoms with Gasteiger partial charge in [0.2, 0.25) is 17.2 Å². The summed E-state index contributed by atoms with van der Waals surface area (Å²) in [4.78, 5) is 14.7. The lowest BCUT2D eigenvalue weighted by Crippen LogP contribution is -2.37. The SMILES string of the molecule is CCNc1nc(Cl)nc(NCCCN2CCOCC2)n1. The maximum Gasteiger partial charge on any atom is 0.228 e. The van der Waals surface area contributed by atoms with Crippen LogP contribution in [0.2, 0.25) is 5.28 Å². The number of nitrogens with one attached hydrogen (secondary N) is 2. The molecule has 0 radical (unpaired) electrons. The minimum atomic E-state index is 0.201. The molecular formula is C12H21ClN6O. The standard InChI is InChI=1S/C12H21ClN6O/c1-2-14-11-16-10(13)17-12(18-11)15-4-3-5-19-6-8-20-9-7-19/h2-9H2,1H3,(H2,14,15,16,17,18). The molecule has 1 saturated heterocycles. The molecule has 1 aliphatic heterocycles. The summed E-state index contributed by atoms with van der Waals surface area (Å²) in [5.74, 6) is 1.02. The molecule has 2 rings (SSSR count). The Morgan fingerprint density at radius 2 is 1.85 bits per heavy atom. The first kappa shape index (κ1) is 15.2. The lowest BCUT2D eigenvalue weighted by Gasteiger charge is -2.26. The Balaban J connectivity index is 1.72. The van der Waals surface area contributed by atoms with Crippen molar-refractivity contribution in [2.75, 3.05) is 56.6 Å². The number of ether oxygens (including phenoxy) is 1. The van der Waals surface area contributed by atoms with Gasteiger partial charge in [-0.3, -0.25) is 4.90 Å². The van der Waals surface area contributed by atoms with Crippen LogP contribution in [0.4, 0.5) is 11.9 Å². The molecule has 8 heteroatoms. The molecule has 1 fully saturated rings. The maximum absolute atomic E-state index is 5.86. The largest absolute Gasteiger partial charge is 0.379 e. The summed E-state index contributed by atoms with van der Waals surface area (Å²) in [7, 11) is 0. The molecule has 2 heterocycles. The van der Waals surface area contributed by atoms with Gasteiger partial charge in [-0.1, -0.05) is 0 Å². The van der Waals surface area contributed by atoms with Crippen molar-refractivity contribution in [1.29, 1.82) is 0 Å². The molecule has 0 atom stereocenters. The van der Waals surface area contributed by atoms with E-state index in [9.17, 15) is 0 Å². The Hall–Kier alpha value is -1.18. The highest BCUT2D eigenvalue weighted by molar-refractivity contribution is 6.28. The second-order valence-electron chi connectivity index (χ2n) is 4.52. The third kappa shape index (κ3) is 5.07. The smallest absolute Gasteiger partial charge is 0.228 e. The molecule has 7 nitrogen and oxygen atoms in total. The van der Waals surface area contributed by atoms with Crippen molar-refractivity contribution >= 4 is 23.5 Å². The molecule has 1 aliphatic rings. The van der Waals surface area contributed by atoms with Crippen LogP contribution >= 0.6 is 11.6 Å². The third-order valence-corrected chi connectivity index (χ3v) is 3.15. The van der Waals surface area contributed by atoms with Crippen molar-refractivity contribution in [2.24, 2.45) is 0 Å². The molecule has 2 N–H and O–H groups in total. The van der Waals surface area contributed by atoms with E-state index in [1.54, 1.807) is 0 Å². The summed E-state index contributed by atoms with van der Waals surface area (Å²) in [5, 5.41) is 6.40. The number of hydrogen-bond donors (Lipinski definition) is 2. The molecule has 20 heavy (non-hydrogen) atoms. The zero-order chi connectivity index (χ0) is 14.2. The van der Waals surface area contributed by atoms with Crippen LogP contribution in [0.15, 0.2) is 0 Å². The minimum absolute atomic E-state index is 0.201. The Bertz CT molecular complexity index is 413. The van der Waals surface area contributed by atoms with E-state index in [-0.39, 0.29) is 5.28 Å². The molecule has 1 aromatic heterocycles. The molecule has 0 saturated carbocycles. The normalized spacial score (nSPS) is 16.1. The maximum atomic E-state index is 5.86. The van der Waals surface area contributed by atoms with Gasteiger partial charge in [0, 0.05) is 26.2 Å². The van der Waals surface area contributed by atoms with Crippen molar-refractivity contribution in [1.82, 2.24) is 19.9 Å². The Kier molecular flexibility index (Phi) is 6.23. The Labute approximate surface area is 124 Å². The first-order chi connectivity index (χ1) is 9.78. The number of aromatic nitrogens is 3. The Morgan fingerprint density at radius 1 is 1.15 bits per heavy atom. The van der Waals surface area contributed by atoms with Crippen molar-refractivity contribution in [2.45, 2.75) is 13.3 Å². The van der Waals surface area contributed by atoms with Gasteiger partial charge >= 0.3 is 0 Å². The molecular weight excluding hydrogens is 280 g/mol. The predicted octanol–water partition coefficient (Wildman–Crippen LogP) is 1.09. The van der Waals surface area contributed by atoms with E-state index in [0.717, 1.165) is 52.4 Å². The second-order valence-corrected chi connectivity index (χ2v) is 4.85. The van der Waals surface area contributed by atoms with Gasteiger partial charge in [-0.15, -0.1) is 0 Å². The fourth-order valence-electron chi connectivity index (χ4n) is 1.99. The van der Waals surface area contributed by atoms with Gasteiger partial charge in [0.1, 0.15) is 0 Å². The van der Waals surface area contributed by atoms with Crippen LogP contribution in [-0.2, 0) is 4.74 Å². The fourth-order valence-corrected chi connectivity index (χ4v) is 2.15. The van der Waals surface area contributed by atoms with Gasteiger partial charge in [-0.05, 0) is 31.5 Å².